The molecule has 0 aliphatic carbocycles. The highest BCUT2D eigenvalue weighted by Gasteiger charge is 2.27. The van der Waals surface area contributed by atoms with Crippen LogP contribution in [0.2, 0.25) is 0 Å². The second-order valence-electron chi connectivity index (χ2n) is 3.61. The van der Waals surface area contributed by atoms with Crippen molar-refractivity contribution in [3.8, 4) is 5.75 Å². The maximum atomic E-state index is 13.0. The Morgan fingerprint density at radius 3 is 2.61 bits per heavy atom. The van der Waals surface area contributed by atoms with Crippen molar-refractivity contribution in [2.24, 2.45) is 5.73 Å². The van der Waals surface area contributed by atoms with E-state index in [-0.39, 0.29) is 24.1 Å². The SMILES string of the molecule is C[C@@H](N)c1cc(F)ccc1OCCSC(F)(F)F. The van der Waals surface area contributed by atoms with Crippen molar-refractivity contribution in [1.82, 2.24) is 0 Å². The van der Waals surface area contributed by atoms with E-state index >= 15 is 0 Å². The highest BCUT2D eigenvalue weighted by Crippen LogP contribution is 2.30. The first-order valence-corrected chi connectivity index (χ1v) is 6.16. The van der Waals surface area contributed by atoms with Crippen LogP contribution < -0.4 is 10.5 Å². The Hall–Kier alpha value is -0.950. The molecule has 0 radical (unpaired) electrons. The third-order valence-corrected chi connectivity index (χ3v) is 2.77. The summed E-state index contributed by atoms with van der Waals surface area (Å²) in [6, 6.07) is 3.31. The predicted molar refractivity (Wildman–Crippen MR) is 63.0 cm³/mol. The van der Waals surface area contributed by atoms with E-state index in [4.69, 9.17) is 10.5 Å². The van der Waals surface area contributed by atoms with Gasteiger partial charge in [-0.05, 0) is 36.9 Å². The second kappa shape index (κ2) is 6.29. The van der Waals surface area contributed by atoms with Gasteiger partial charge in [0, 0.05) is 17.4 Å². The lowest BCUT2D eigenvalue weighted by atomic mass is 10.1. The molecule has 0 spiro atoms. The number of rotatable bonds is 5. The minimum Gasteiger partial charge on any atom is -0.492 e. The van der Waals surface area contributed by atoms with Gasteiger partial charge >= 0.3 is 5.51 Å². The number of alkyl halides is 3. The summed E-state index contributed by atoms with van der Waals surface area (Å²) in [5, 5.41) is 0. The van der Waals surface area contributed by atoms with Gasteiger partial charge in [0.15, 0.2) is 0 Å². The van der Waals surface area contributed by atoms with E-state index < -0.39 is 17.4 Å². The third kappa shape index (κ3) is 5.14. The molecule has 2 nitrogen and oxygen atoms in total. The zero-order valence-corrected chi connectivity index (χ0v) is 10.4. The molecule has 0 fully saturated rings. The van der Waals surface area contributed by atoms with Crippen LogP contribution in [0.15, 0.2) is 18.2 Å². The average molecular weight is 283 g/mol. The van der Waals surface area contributed by atoms with Gasteiger partial charge in [0.2, 0.25) is 0 Å². The monoisotopic (exact) mass is 283 g/mol. The van der Waals surface area contributed by atoms with Gasteiger partial charge in [-0.2, -0.15) is 13.2 Å². The summed E-state index contributed by atoms with van der Waals surface area (Å²) >= 11 is -0.160. The highest BCUT2D eigenvalue weighted by atomic mass is 32.2. The number of hydrogen-bond acceptors (Lipinski definition) is 3. The Balaban J connectivity index is 2.57. The molecular formula is C11H13F4NOS. The fourth-order valence-corrected chi connectivity index (χ4v) is 1.71. The molecule has 0 aromatic heterocycles. The molecule has 1 aromatic carbocycles. The van der Waals surface area contributed by atoms with Crippen LogP contribution >= 0.6 is 11.8 Å². The number of thioether (sulfide) groups is 1. The summed E-state index contributed by atoms with van der Waals surface area (Å²) in [4.78, 5) is 0. The fraction of sp³-hybridized carbons (Fsp3) is 0.455. The Labute approximate surface area is 106 Å². The van der Waals surface area contributed by atoms with Gasteiger partial charge in [0.05, 0.1) is 6.61 Å². The minimum absolute atomic E-state index is 0.116. The van der Waals surface area contributed by atoms with Crippen LogP contribution in [0.3, 0.4) is 0 Å². The lowest BCUT2D eigenvalue weighted by Crippen LogP contribution is -2.11. The van der Waals surface area contributed by atoms with Crippen molar-refractivity contribution in [3.63, 3.8) is 0 Å². The highest BCUT2D eigenvalue weighted by molar-refractivity contribution is 8.00. The molecule has 0 saturated carbocycles. The van der Waals surface area contributed by atoms with Crippen molar-refractivity contribution in [3.05, 3.63) is 29.6 Å². The molecule has 7 heteroatoms. The van der Waals surface area contributed by atoms with Gasteiger partial charge in [-0.3, -0.25) is 0 Å². The predicted octanol–water partition coefficient (Wildman–Crippen LogP) is 3.48. The molecule has 0 heterocycles. The molecule has 0 saturated heterocycles. The van der Waals surface area contributed by atoms with Crippen molar-refractivity contribution in [1.29, 1.82) is 0 Å². The number of benzene rings is 1. The van der Waals surface area contributed by atoms with Crippen molar-refractivity contribution in [2.75, 3.05) is 12.4 Å². The Morgan fingerprint density at radius 2 is 2.06 bits per heavy atom. The summed E-state index contributed by atoms with van der Waals surface area (Å²) in [6.45, 7) is 1.53. The molecule has 102 valence electrons. The second-order valence-corrected chi connectivity index (χ2v) is 4.77. The van der Waals surface area contributed by atoms with Crippen LogP contribution in [-0.4, -0.2) is 17.9 Å². The van der Waals surface area contributed by atoms with Crippen LogP contribution in [-0.2, 0) is 0 Å². The van der Waals surface area contributed by atoms with Crippen LogP contribution in [0.1, 0.15) is 18.5 Å². The van der Waals surface area contributed by atoms with Crippen molar-refractivity contribution in [2.45, 2.75) is 18.5 Å². The van der Waals surface area contributed by atoms with Crippen LogP contribution in [0, 0.1) is 5.82 Å². The van der Waals surface area contributed by atoms with Crippen LogP contribution in [0.4, 0.5) is 17.6 Å². The number of nitrogens with two attached hydrogens (primary N) is 1. The molecule has 1 rings (SSSR count). The molecule has 2 N–H and O–H groups in total. The Kier molecular flexibility index (Phi) is 5.28. The maximum absolute atomic E-state index is 13.0. The van der Waals surface area contributed by atoms with E-state index in [1.807, 2.05) is 0 Å². The first-order chi connectivity index (χ1) is 8.29. The Bertz CT molecular complexity index is 395. The summed E-state index contributed by atoms with van der Waals surface area (Å²) in [5.41, 5.74) is 1.79. The molecule has 0 bridgehead atoms. The molecule has 0 amide bonds. The van der Waals surface area contributed by atoms with Gasteiger partial charge in [-0.15, -0.1) is 0 Å². The Morgan fingerprint density at radius 1 is 1.39 bits per heavy atom. The zero-order valence-electron chi connectivity index (χ0n) is 9.63. The summed E-state index contributed by atoms with van der Waals surface area (Å²) < 4.78 is 53.8. The molecule has 0 aliphatic rings. The third-order valence-electron chi connectivity index (χ3n) is 2.07. The standard InChI is InChI=1S/C11H13F4NOS/c1-7(16)9-6-8(12)2-3-10(9)17-4-5-18-11(13,14)15/h2-3,6-7H,4-5,16H2,1H3/t7-/m1/s1. The largest absolute Gasteiger partial charge is 0.492 e. The smallest absolute Gasteiger partial charge is 0.441 e. The van der Waals surface area contributed by atoms with E-state index in [9.17, 15) is 17.6 Å². The molecular weight excluding hydrogens is 270 g/mol. The van der Waals surface area contributed by atoms with Crippen LogP contribution in [0.5, 0.6) is 5.75 Å². The summed E-state index contributed by atoms with van der Waals surface area (Å²) in [7, 11) is 0. The summed E-state index contributed by atoms with van der Waals surface area (Å²) in [5.74, 6) is -0.368. The first kappa shape index (κ1) is 15.1. The minimum atomic E-state index is -4.27. The molecule has 0 aliphatic heterocycles. The fourth-order valence-electron chi connectivity index (χ4n) is 1.32. The van der Waals surface area contributed by atoms with Gasteiger partial charge in [-0.25, -0.2) is 4.39 Å². The summed E-state index contributed by atoms with van der Waals surface area (Å²) in [6.07, 6.45) is 0. The lowest BCUT2D eigenvalue weighted by molar-refractivity contribution is -0.0329. The van der Waals surface area contributed by atoms with E-state index in [1.54, 1.807) is 6.92 Å². The lowest BCUT2D eigenvalue weighted by Gasteiger charge is -2.14. The van der Waals surface area contributed by atoms with Crippen molar-refractivity contribution >= 4 is 11.8 Å². The topological polar surface area (TPSA) is 35.2 Å². The average Bonchev–Trinajstić information content (AvgIpc) is 2.24. The molecule has 0 unspecified atom stereocenters. The maximum Gasteiger partial charge on any atom is 0.441 e. The first-order valence-electron chi connectivity index (χ1n) is 5.18. The van der Waals surface area contributed by atoms with Crippen molar-refractivity contribution < 1.29 is 22.3 Å². The quantitative estimate of drug-likeness (QED) is 0.664. The number of ether oxygens (including phenoxy) is 1. The molecule has 18 heavy (non-hydrogen) atoms. The van der Waals surface area contributed by atoms with Gasteiger partial charge in [0.1, 0.15) is 11.6 Å². The van der Waals surface area contributed by atoms with E-state index in [1.165, 1.54) is 18.2 Å². The van der Waals surface area contributed by atoms with E-state index in [2.05, 4.69) is 0 Å². The zero-order chi connectivity index (χ0) is 13.8. The molecule has 1 aromatic rings. The van der Waals surface area contributed by atoms with Gasteiger partial charge in [-0.1, -0.05) is 0 Å². The number of hydrogen-bond donors (Lipinski definition) is 1. The van der Waals surface area contributed by atoms with E-state index in [0.29, 0.717) is 11.3 Å². The normalized spacial score (nSPS) is 13.4. The van der Waals surface area contributed by atoms with E-state index in [0.717, 1.165) is 0 Å². The van der Waals surface area contributed by atoms with Gasteiger partial charge in [0.25, 0.3) is 0 Å². The van der Waals surface area contributed by atoms with Gasteiger partial charge < -0.3 is 10.5 Å². The number of halogens is 4. The molecule has 1 atom stereocenters. The van der Waals surface area contributed by atoms with Crippen LogP contribution in [0.25, 0.3) is 0 Å².